The summed E-state index contributed by atoms with van der Waals surface area (Å²) < 4.78 is 33.1. The van der Waals surface area contributed by atoms with Crippen molar-refractivity contribution in [2.24, 2.45) is 0 Å². The standard InChI is InChI=1S/C21H26N6O4S2/c1-4-26(5-2)33(29,30)16-12-10-15(11-13-16)23-19(28)14-32-21-25-24-20(27(21)22)17-8-6-7-9-18(17)31-3/h6-13H,4-5,14,22H2,1-3H3,(H,23,28). The molecule has 3 N–H and O–H groups in total. The second-order valence-electron chi connectivity index (χ2n) is 6.83. The smallest absolute Gasteiger partial charge is 0.243 e. The van der Waals surface area contributed by atoms with Gasteiger partial charge in [0.25, 0.3) is 0 Å². The Morgan fingerprint density at radius 3 is 2.42 bits per heavy atom. The van der Waals surface area contributed by atoms with Crippen LogP contribution in [0.1, 0.15) is 13.8 Å². The lowest BCUT2D eigenvalue weighted by molar-refractivity contribution is -0.113. The SMILES string of the molecule is CCN(CC)S(=O)(=O)c1ccc(NC(=O)CSc2nnc(-c3ccccc3OC)n2N)cc1. The normalized spacial score (nSPS) is 11.5. The van der Waals surface area contributed by atoms with E-state index in [0.717, 1.165) is 11.8 Å². The maximum absolute atomic E-state index is 12.6. The monoisotopic (exact) mass is 490 g/mol. The average Bonchev–Trinajstić information content (AvgIpc) is 3.18. The summed E-state index contributed by atoms with van der Waals surface area (Å²) in [6.45, 7) is 4.35. The van der Waals surface area contributed by atoms with Crippen molar-refractivity contribution in [1.29, 1.82) is 0 Å². The molecule has 3 rings (SSSR count). The van der Waals surface area contributed by atoms with Gasteiger partial charge in [0.15, 0.2) is 5.82 Å². The quantitative estimate of drug-likeness (QED) is 0.327. The van der Waals surface area contributed by atoms with Gasteiger partial charge in [0.05, 0.1) is 23.3 Å². The van der Waals surface area contributed by atoms with Gasteiger partial charge in [0.2, 0.25) is 21.1 Å². The van der Waals surface area contributed by atoms with Crippen LogP contribution in [0, 0.1) is 0 Å². The maximum Gasteiger partial charge on any atom is 0.243 e. The van der Waals surface area contributed by atoms with E-state index in [0.29, 0.717) is 41.1 Å². The number of carbonyl (C=O) groups excluding carboxylic acids is 1. The van der Waals surface area contributed by atoms with Crippen molar-refractivity contribution in [2.75, 3.05) is 37.1 Å². The molecule has 0 bridgehead atoms. The van der Waals surface area contributed by atoms with Crippen LogP contribution in [-0.4, -0.2) is 59.5 Å². The summed E-state index contributed by atoms with van der Waals surface area (Å²) >= 11 is 1.13. The van der Waals surface area contributed by atoms with Gasteiger partial charge in [-0.25, -0.2) is 13.1 Å². The van der Waals surface area contributed by atoms with E-state index >= 15 is 0 Å². The zero-order valence-electron chi connectivity index (χ0n) is 18.6. The summed E-state index contributed by atoms with van der Waals surface area (Å²) in [7, 11) is -1.99. The molecule has 3 aromatic rings. The average molecular weight is 491 g/mol. The van der Waals surface area contributed by atoms with E-state index in [9.17, 15) is 13.2 Å². The lowest BCUT2D eigenvalue weighted by Crippen LogP contribution is -2.30. The summed E-state index contributed by atoms with van der Waals surface area (Å²) in [5.41, 5.74) is 1.18. The van der Waals surface area contributed by atoms with Crippen molar-refractivity contribution in [2.45, 2.75) is 23.9 Å². The van der Waals surface area contributed by atoms with E-state index < -0.39 is 10.0 Å². The van der Waals surface area contributed by atoms with Crippen molar-refractivity contribution in [1.82, 2.24) is 19.2 Å². The Morgan fingerprint density at radius 1 is 1.12 bits per heavy atom. The number of nitrogens with one attached hydrogen (secondary N) is 1. The van der Waals surface area contributed by atoms with Gasteiger partial charge in [-0.1, -0.05) is 37.7 Å². The van der Waals surface area contributed by atoms with Gasteiger partial charge < -0.3 is 15.9 Å². The molecule has 12 heteroatoms. The predicted octanol–water partition coefficient (Wildman–Crippen LogP) is 2.43. The van der Waals surface area contributed by atoms with E-state index in [-0.39, 0.29) is 16.6 Å². The minimum Gasteiger partial charge on any atom is -0.496 e. The number of sulfonamides is 1. The zero-order valence-corrected chi connectivity index (χ0v) is 20.2. The van der Waals surface area contributed by atoms with Gasteiger partial charge in [-0.3, -0.25) is 4.79 Å². The molecule has 0 unspecified atom stereocenters. The first-order chi connectivity index (χ1) is 15.8. The zero-order chi connectivity index (χ0) is 24.0. The number of nitrogen functional groups attached to an aromatic ring is 1. The number of nitrogens with zero attached hydrogens (tertiary/aromatic N) is 4. The lowest BCUT2D eigenvalue weighted by Gasteiger charge is -2.18. The highest BCUT2D eigenvalue weighted by molar-refractivity contribution is 7.99. The third-order valence-electron chi connectivity index (χ3n) is 4.83. The van der Waals surface area contributed by atoms with Crippen LogP contribution in [0.2, 0.25) is 0 Å². The fourth-order valence-electron chi connectivity index (χ4n) is 3.14. The molecular weight excluding hydrogens is 464 g/mol. The molecule has 0 spiro atoms. The molecule has 0 aliphatic heterocycles. The van der Waals surface area contributed by atoms with Crippen LogP contribution < -0.4 is 15.9 Å². The maximum atomic E-state index is 12.6. The molecule has 1 amide bonds. The molecule has 2 aromatic carbocycles. The highest BCUT2D eigenvalue weighted by Crippen LogP contribution is 2.29. The molecule has 0 aliphatic carbocycles. The van der Waals surface area contributed by atoms with E-state index in [1.165, 1.54) is 21.1 Å². The summed E-state index contributed by atoms with van der Waals surface area (Å²) in [5, 5.41) is 11.3. The first-order valence-electron chi connectivity index (χ1n) is 10.2. The number of methoxy groups -OCH3 is 1. The van der Waals surface area contributed by atoms with Crippen LogP contribution in [0.25, 0.3) is 11.4 Å². The number of amides is 1. The van der Waals surface area contributed by atoms with Gasteiger partial charge in [-0.05, 0) is 36.4 Å². The van der Waals surface area contributed by atoms with Gasteiger partial charge in [0, 0.05) is 18.8 Å². The Kier molecular flexibility index (Phi) is 7.95. The molecule has 1 aromatic heterocycles. The number of rotatable bonds is 10. The van der Waals surface area contributed by atoms with Crippen molar-refractivity contribution in [3.8, 4) is 17.1 Å². The summed E-state index contributed by atoms with van der Waals surface area (Å²) in [6.07, 6.45) is 0. The van der Waals surface area contributed by atoms with Crippen LogP contribution in [0.4, 0.5) is 5.69 Å². The van der Waals surface area contributed by atoms with Crippen LogP contribution in [0.5, 0.6) is 5.75 Å². The summed E-state index contributed by atoms with van der Waals surface area (Å²) in [5.74, 6) is 6.90. The minimum absolute atomic E-state index is 0.0424. The minimum atomic E-state index is -3.55. The van der Waals surface area contributed by atoms with E-state index in [2.05, 4.69) is 15.5 Å². The first-order valence-corrected chi connectivity index (χ1v) is 12.6. The number of anilines is 1. The number of para-hydroxylation sites is 1. The number of ether oxygens (including phenoxy) is 1. The van der Waals surface area contributed by atoms with Crippen LogP contribution >= 0.6 is 11.8 Å². The Bertz CT molecular complexity index is 1210. The third-order valence-corrected chi connectivity index (χ3v) is 7.83. The van der Waals surface area contributed by atoms with Crippen molar-refractivity contribution < 1.29 is 17.9 Å². The fourth-order valence-corrected chi connectivity index (χ4v) is 5.25. The molecule has 0 saturated heterocycles. The fraction of sp³-hybridized carbons (Fsp3) is 0.286. The Labute approximate surface area is 197 Å². The van der Waals surface area contributed by atoms with Gasteiger partial charge in [-0.2, -0.15) is 4.31 Å². The largest absolute Gasteiger partial charge is 0.496 e. The summed E-state index contributed by atoms with van der Waals surface area (Å²) in [6, 6.07) is 13.4. The number of nitrogens with two attached hydrogens (primary N) is 1. The van der Waals surface area contributed by atoms with Gasteiger partial charge >= 0.3 is 0 Å². The Balaban J connectivity index is 1.63. The number of thioether (sulfide) groups is 1. The molecule has 10 nitrogen and oxygen atoms in total. The van der Waals surface area contributed by atoms with Crippen LogP contribution in [-0.2, 0) is 14.8 Å². The molecular formula is C21H26N6O4S2. The summed E-state index contributed by atoms with van der Waals surface area (Å²) in [4.78, 5) is 12.6. The molecule has 0 aliphatic rings. The molecule has 1 heterocycles. The van der Waals surface area contributed by atoms with E-state index in [1.54, 1.807) is 39.2 Å². The number of carbonyl (C=O) groups is 1. The molecule has 0 saturated carbocycles. The number of hydrogen-bond donors (Lipinski definition) is 2. The number of hydrogen-bond acceptors (Lipinski definition) is 8. The molecule has 0 fully saturated rings. The molecule has 33 heavy (non-hydrogen) atoms. The van der Waals surface area contributed by atoms with Gasteiger partial charge in [-0.15, -0.1) is 10.2 Å². The van der Waals surface area contributed by atoms with Crippen LogP contribution in [0.3, 0.4) is 0 Å². The van der Waals surface area contributed by atoms with Crippen molar-refractivity contribution in [3.05, 3.63) is 48.5 Å². The second-order valence-corrected chi connectivity index (χ2v) is 9.71. The number of aromatic nitrogens is 3. The van der Waals surface area contributed by atoms with Crippen molar-refractivity contribution in [3.63, 3.8) is 0 Å². The molecule has 0 radical (unpaired) electrons. The highest BCUT2D eigenvalue weighted by atomic mass is 32.2. The lowest BCUT2D eigenvalue weighted by atomic mass is 10.2. The highest BCUT2D eigenvalue weighted by Gasteiger charge is 2.21. The van der Waals surface area contributed by atoms with Crippen molar-refractivity contribution >= 4 is 33.4 Å². The van der Waals surface area contributed by atoms with E-state index in [1.807, 2.05) is 18.2 Å². The molecule has 176 valence electrons. The second kappa shape index (κ2) is 10.7. The Hall–Kier alpha value is -3.09. The predicted molar refractivity (Wildman–Crippen MR) is 128 cm³/mol. The topological polar surface area (TPSA) is 132 Å². The third kappa shape index (κ3) is 5.46. The van der Waals surface area contributed by atoms with Gasteiger partial charge in [0.1, 0.15) is 5.75 Å². The first kappa shape index (κ1) is 24.6. The Morgan fingerprint density at radius 2 is 1.79 bits per heavy atom. The van der Waals surface area contributed by atoms with Crippen LogP contribution in [0.15, 0.2) is 58.6 Å². The van der Waals surface area contributed by atoms with E-state index in [4.69, 9.17) is 10.6 Å². The number of benzene rings is 2. The molecule has 0 atom stereocenters.